The highest BCUT2D eigenvalue weighted by atomic mass is 28.4. The van der Waals surface area contributed by atoms with Crippen molar-refractivity contribution in [1.82, 2.24) is 14.7 Å². The van der Waals surface area contributed by atoms with Gasteiger partial charge in [0.25, 0.3) is 0 Å². The Hall–Kier alpha value is -2.30. The number of likely N-dealkylation sites (tertiary alicyclic amines) is 1. The van der Waals surface area contributed by atoms with E-state index < -0.39 is 44.5 Å². The minimum atomic E-state index is -2.21. The van der Waals surface area contributed by atoms with Crippen LogP contribution in [0.15, 0.2) is 18.7 Å². The largest absolute Gasteiger partial charge is 0.458 e. The van der Waals surface area contributed by atoms with Crippen LogP contribution in [0, 0.1) is 12.8 Å². The highest BCUT2D eigenvalue weighted by Gasteiger charge is 2.56. The highest BCUT2D eigenvalue weighted by molar-refractivity contribution is 6.74. The van der Waals surface area contributed by atoms with Crippen LogP contribution >= 0.6 is 0 Å². The van der Waals surface area contributed by atoms with E-state index in [9.17, 15) is 19.5 Å². The Balaban J connectivity index is 2.31. The van der Waals surface area contributed by atoms with Crippen LogP contribution < -0.4 is 0 Å². The molecule has 1 amide bonds. The SMILES string of the molecule is C=CCOC(=O)C(O)N1C(=O)[C@H]([C@@H](C)O[Si](C)(C)C(C)(C)C)[C@H]1CC(=O)c1cc(C)n(CC)n1. The molecule has 2 heterocycles. The van der Waals surface area contributed by atoms with Crippen molar-refractivity contribution >= 4 is 26.0 Å². The second kappa shape index (κ2) is 10.5. The van der Waals surface area contributed by atoms with Crippen molar-refractivity contribution in [3.8, 4) is 0 Å². The molecule has 1 aliphatic rings. The van der Waals surface area contributed by atoms with Gasteiger partial charge in [-0.2, -0.15) is 5.10 Å². The van der Waals surface area contributed by atoms with Gasteiger partial charge in [-0.3, -0.25) is 14.3 Å². The minimum absolute atomic E-state index is 0.0718. The van der Waals surface area contributed by atoms with E-state index in [4.69, 9.17) is 9.16 Å². The summed E-state index contributed by atoms with van der Waals surface area (Å²) in [6.07, 6.45) is -1.02. The summed E-state index contributed by atoms with van der Waals surface area (Å²) in [6.45, 7) is 20.1. The van der Waals surface area contributed by atoms with Crippen molar-refractivity contribution in [2.24, 2.45) is 5.92 Å². The fourth-order valence-electron chi connectivity index (χ4n) is 3.94. The molecule has 34 heavy (non-hydrogen) atoms. The fraction of sp³-hybridized carbons (Fsp3) is 0.667. The summed E-state index contributed by atoms with van der Waals surface area (Å²) in [6, 6.07) is 0.980. The van der Waals surface area contributed by atoms with E-state index in [1.807, 2.05) is 20.8 Å². The normalized spacial score (nSPS) is 20.5. The molecular weight excluding hydrogens is 454 g/mol. The van der Waals surface area contributed by atoms with Gasteiger partial charge in [-0.15, -0.1) is 0 Å². The lowest BCUT2D eigenvalue weighted by atomic mass is 9.80. The van der Waals surface area contributed by atoms with Crippen LogP contribution in [-0.2, 0) is 25.3 Å². The molecule has 1 unspecified atom stereocenters. The number of aryl methyl sites for hydroxylation is 2. The zero-order chi connectivity index (χ0) is 26.0. The molecule has 1 fully saturated rings. The molecule has 1 aromatic heterocycles. The van der Waals surface area contributed by atoms with Crippen molar-refractivity contribution < 1.29 is 28.7 Å². The first kappa shape index (κ1) is 27.9. The first-order chi connectivity index (χ1) is 15.7. The van der Waals surface area contributed by atoms with Crippen molar-refractivity contribution in [2.45, 2.75) is 91.0 Å². The van der Waals surface area contributed by atoms with Gasteiger partial charge in [0.1, 0.15) is 12.3 Å². The summed E-state index contributed by atoms with van der Waals surface area (Å²) in [5.41, 5.74) is 1.14. The minimum Gasteiger partial charge on any atom is -0.458 e. The number of hydrogen-bond acceptors (Lipinski definition) is 7. The van der Waals surface area contributed by atoms with E-state index >= 15 is 0 Å². The van der Waals surface area contributed by atoms with Crippen LogP contribution in [0.2, 0.25) is 18.1 Å². The molecule has 1 aromatic rings. The molecule has 190 valence electrons. The smallest absolute Gasteiger partial charge is 0.356 e. The van der Waals surface area contributed by atoms with Gasteiger partial charge in [0.2, 0.25) is 12.1 Å². The van der Waals surface area contributed by atoms with Crippen molar-refractivity contribution in [2.75, 3.05) is 6.61 Å². The zero-order valence-electron chi connectivity index (χ0n) is 21.6. The van der Waals surface area contributed by atoms with Gasteiger partial charge in [0, 0.05) is 18.7 Å². The predicted molar refractivity (Wildman–Crippen MR) is 131 cm³/mol. The summed E-state index contributed by atoms with van der Waals surface area (Å²) in [5.74, 6) is -2.35. The van der Waals surface area contributed by atoms with Crippen LogP contribution in [0.5, 0.6) is 0 Å². The third-order valence-electron chi connectivity index (χ3n) is 6.88. The third kappa shape index (κ3) is 5.67. The second-order valence-corrected chi connectivity index (χ2v) is 15.1. The zero-order valence-corrected chi connectivity index (χ0v) is 22.6. The molecule has 0 aromatic carbocycles. The van der Waals surface area contributed by atoms with Crippen molar-refractivity contribution in [1.29, 1.82) is 0 Å². The number of rotatable bonds is 11. The number of carbonyl (C=O) groups is 3. The number of amides is 1. The number of Topliss-reactive ketones (excluding diaryl/α,β-unsaturated/α-hetero) is 1. The Morgan fingerprint density at radius 1 is 1.35 bits per heavy atom. The lowest BCUT2D eigenvalue weighted by Gasteiger charge is -2.52. The van der Waals surface area contributed by atoms with E-state index in [1.54, 1.807) is 10.7 Å². The van der Waals surface area contributed by atoms with E-state index in [2.05, 4.69) is 45.5 Å². The standard InChI is InChI=1S/C24H39N3O6Si/c1-10-12-32-23(31)22(30)27-18(14-19(28)17-13-15(3)26(11-2)25-17)20(21(27)29)16(4)33-34(8,9)24(5,6)7/h10,13,16,18,20,22,30H,1,11-12,14H2,2-9H3/t16-,18-,20-,22?/m1/s1. The fourth-order valence-corrected chi connectivity index (χ4v) is 5.37. The van der Waals surface area contributed by atoms with Crippen LogP contribution in [0.1, 0.15) is 57.2 Å². The number of aliphatic hydroxyl groups is 1. The quantitative estimate of drug-likeness (QED) is 0.166. The number of ether oxygens (including phenoxy) is 1. The second-order valence-electron chi connectivity index (χ2n) is 10.3. The van der Waals surface area contributed by atoms with Gasteiger partial charge in [-0.1, -0.05) is 33.4 Å². The summed E-state index contributed by atoms with van der Waals surface area (Å²) >= 11 is 0. The van der Waals surface area contributed by atoms with Gasteiger partial charge in [0.15, 0.2) is 14.1 Å². The number of nitrogens with zero attached hydrogens (tertiary/aromatic N) is 3. The Kier molecular flexibility index (Phi) is 8.65. The maximum absolute atomic E-state index is 13.1. The van der Waals surface area contributed by atoms with Gasteiger partial charge in [0.05, 0.1) is 18.1 Å². The van der Waals surface area contributed by atoms with Crippen LogP contribution in [-0.4, -0.2) is 70.7 Å². The summed E-state index contributed by atoms with van der Waals surface area (Å²) in [4.78, 5) is 39.5. The molecule has 0 spiro atoms. The van der Waals surface area contributed by atoms with Crippen molar-refractivity contribution in [3.63, 3.8) is 0 Å². The lowest BCUT2D eigenvalue weighted by Crippen LogP contribution is -2.70. The van der Waals surface area contributed by atoms with Gasteiger partial charge in [-0.25, -0.2) is 4.79 Å². The Labute approximate surface area is 203 Å². The van der Waals surface area contributed by atoms with E-state index in [0.29, 0.717) is 12.2 Å². The van der Waals surface area contributed by atoms with E-state index in [-0.39, 0.29) is 23.8 Å². The van der Waals surface area contributed by atoms with Crippen LogP contribution in [0.3, 0.4) is 0 Å². The van der Waals surface area contributed by atoms with Crippen LogP contribution in [0.4, 0.5) is 0 Å². The predicted octanol–water partition coefficient (Wildman–Crippen LogP) is 3.07. The molecule has 2 rings (SSSR count). The number of hydrogen-bond donors (Lipinski definition) is 1. The number of carbonyl (C=O) groups excluding carboxylic acids is 3. The molecule has 0 radical (unpaired) electrons. The van der Waals surface area contributed by atoms with E-state index in [1.165, 1.54) is 6.08 Å². The number of aliphatic hydroxyl groups excluding tert-OH is 1. The molecule has 0 aliphatic carbocycles. The number of ketones is 1. The molecular formula is C24H39N3O6Si. The topological polar surface area (TPSA) is 111 Å². The molecule has 1 N–H and O–H groups in total. The lowest BCUT2D eigenvalue weighted by molar-refractivity contribution is -0.195. The average Bonchev–Trinajstić information content (AvgIpc) is 3.11. The molecule has 1 aliphatic heterocycles. The van der Waals surface area contributed by atoms with E-state index in [0.717, 1.165) is 10.6 Å². The molecule has 9 nitrogen and oxygen atoms in total. The summed E-state index contributed by atoms with van der Waals surface area (Å²) < 4.78 is 13.1. The summed E-state index contributed by atoms with van der Waals surface area (Å²) in [7, 11) is -2.21. The Morgan fingerprint density at radius 3 is 2.47 bits per heavy atom. The molecule has 0 saturated carbocycles. The van der Waals surface area contributed by atoms with Crippen LogP contribution in [0.25, 0.3) is 0 Å². The molecule has 4 atom stereocenters. The molecule has 0 bridgehead atoms. The van der Waals surface area contributed by atoms with Gasteiger partial charge >= 0.3 is 5.97 Å². The number of esters is 1. The molecule has 1 saturated heterocycles. The van der Waals surface area contributed by atoms with Gasteiger partial charge < -0.3 is 19.2 Å². The summed E-state index contributed by atoms with van der Waals surface area (Å²) in [5, 5.41) is 14.8. The van der Waals surface area contributed by atoms with Crippen molar-refractivity contribution in [3.05, 3.63) is 30.1 Å². The monoisotopic (exact) mass is 493 g/mol. The Morgan fingerprint density at radius 2 is 1.97 bits per heavy atom. The number of aromatic nitrogens is 2. The van der Waals surface area contributed by atoms with Gasteiger partial charge in [-0.05, 0) is 45.0 Å². The maximum Gasteiger partial charge on any atom is 0.356 e. The first-order valence-electron chi connectivity index (χ1n) is 11.7. The number of β-lactam (4-membered cyclic amide) rings is 1. The highest BCUT2D eigenvalue weighted by Crippen LogP contribution is 2.41. The average molecular weight is 494 g/mol. The molecule has 10 heteroatoms. The Bertz CT molecular complexity index is 936. The maximum atomic E-state index is 13.1. The first-order valence-corrected chi connectivity index (χ1v) is 14.6. The third-order valence-corrected chi connectivity index (χ3v) is 11.5.